The van der Waals surface area contributed by atoms with Gasteiger partial charge >= 0.3 is 0 Å². The van der Waals surface area contributed by atoms with Crippen LogP contribution in [-0.4, -0.2) is 18.6 Å². The van der Waals surface area contributed by atoms with E-state index in [0.717, 1.165) is 0 Å². The highest BCUT2D eigenvalue weighted by Gasteiger charge is 2.14. The largest absolute Gasteiger partial charge is 0.384 e. The van der Waals surface area contributed by atoms with Gasteiger partial charge in [-0.2, -0.15) is 5.10 Å². The number of hydrogen-bond donors (Lipinski definition) is 3. The highest BCUT2D eigenvalue weighted by molar-refractivity contribution is 7.89. The molecular weight excluding hydrogens is 276 g/mol. The minimum atomic E-state index is -3.58. The summed E-state index contributed by atoms with van der Waals surface area (Å²) in [4.78, 5) is 0.147. The van der Waals surface area contributed by atoms with E-state index < -0.39 is 10.0 Å². The highest BCUT2D eigenvalue weighted by atomic mass is 35.5. The molecule has 0 bridgehead atoms. The molecule has 1 heterocycles. The van der Waals surface area contributed by atoms with Gasteiger partial charge in [0.2, 0.25) is 10.0 Å². The van der Waals surface area contributed by atoms with Crippen LogP contribution in [0.5, 0.6) is 0 Å². The van der Waals surface area contributed by atoms with E-state index in [0.29, 0.717) is 16.4 Å². The summed E-state index contributed by atoms with van der Waals surface area (Å²) in [6.45, 7) is 0.0767. The summed E-state index contributed by atoms with van der Waals surface area (Å²) in [5.74, 6) is 0.341. The van der Waals surface area contributed by atoms with Crippen molar-refractivity contribution in [1.29, 1.82) is 0 Å². The number of anilines is 1. The van der Waals surface area contributed by atoms with E-state index in [1.807, 2.05) is 0 Å². The second kappa shape index (κ2) is 4.97. The zero-order valence-electron chi connectivity index (χ0n) is 9.22. The number of benzene rings is 1. The Hall–Kier alpha value is -1.57. The molecule has 0 spiro atoms. The predicted molar refractivity (Wildman–Crippen MR) is 68.5 cm³/mol. The lowest BCUT2D eigenvalue weighted by Gasteiger charge is -2.06. The van der Waals surface area contributed by atoms with Crippen molar-refractivity contribution in [3.8, 4) is 0 Å². The third kappa shape index (κ3) is 2.81. The Morgan fingerprint density at radius 1 is 1.33 bits per heavy atom. The number of H-pyrrole nitrogens is 1. The van der Waals surface area contributed by atoms with Crippen molar-refractivity contribution < 1.29 is 8.42 Å². The van der Waals surface area contributed by atoms with Gasteiger partial charge in [-0.25, -0.2) is 13.1 Å². The zero-order valence-corrected chi connectivity index (χ0v) is 10.8. The van der Waals surface area contributed by atoms with Gasteiger partial charge in [0, 0.05) is 17.1 Å². The molecule has 6 nitrogen and oxygen atoms in total. The molecule has 0 aliphatic carbocycles. The number of aromatic amines is 1. The quantitative estimate of drug-likeness (QED) is 0.784. The van der Waals surface area contributed by atoms with E-state index >= 15 is 0 Å². The van der Waals surface area contributed by atoms with Crippen LogP contribution in [0.2, 0.25) is 5.02 Å². The molecule has 1 aromatic carbocycles. The molecular formula is C10H11ClN4O2S. The minimum absolute atomic E-state index is 0.0767. The third-order valence-corrected chi connectivity index (χ3v) is 4.00. The Labute approximate surface area is 109 Å². The maximum absolute atomic E-state index is 11.9. The number of nitrogens with zero attached hydrogens (tertiary/aromatic N) is 1. The second-order valence-corrected chi connectivity index (χ2v) is 5.79. The molecule has 4 N–H and O–H groups in total. The number of rotatable bonds is 4. The molecule has 18 heavy (non-hydrogen) atoms. The Morgan fingerprint density at radius 3 is 2.56 bits per heavy atom. The summed E-state index contributed by atoms with van der Waals surface area (Å²) in [7, 11) is -3.58. The first-order chi connectivity index (χ1) is 8.49. The first-order valence-corrected chi connectivity index (χ1v) is 6.88. The van der Waals surface area contributed by atoms with E-state index in [4.69, 9.17) is 17.3 Å². The molecule has 1 aromatic heterocycles. The van der Waals surface area contributed by atoms with E-state index in [-0.39, 0.29) is 11.4 Å². The first kappa shape index (κ1) is 12.9. The highest BCUT2D eigenvalue weighted by Crippen LogP contribution is 2.14. The van der Waals surface area contributed by atoms with Crippen LogP contribution in [0.3, 0.4) is 0 Å². The molecule has 0 aliphatic rings. The van der Waals surface area contributed by atoms with Crippen LogP contribution >= 0.6 is 11.6 Å². The molecule has 96 valence electrons. The maximum atomic E-state index is 11.9. The molecule has 0 atom stereocenters. The van der Waals surface area contributed by atoms with Gasteiger partial charge in [-0.3, -0.25) is 5.10 Å². The molecule has 0 amide bonds. The Morgan fingerprint density at radius 2 is 2.00 bits per heavy atom. The SMILES string of the molecule is Nc1[nH]ncc1CNS(=O)(=O)c1ccc(Cl)cc1. The van der Waals surface area contributed by atoms with Crippen LogP contribution in [0.1, 0.15) is 5.56 Å². The summed E-state index contributed by atoms with van der Waals surface area (Å²) in [5.41, 5.74) is 6.15. The Kier molecular flexibility index (Phi) is 3.55. The van der Waals surface area contributed by atoms with E-state index in [1.165, 1.54) is 30.5 Å². The predicted octanol–water partition coefficient (Wildman–Crippen LogP) is 1.12. The normalized spacial score (nSPS) is 11.6. The number of nitrogens with one attached hydrogen (secondary N) is 2. The van der Waals surface area contributed by atoms with Crippen molar-refractivity contribution in [3.63, 3.8) is 0 Å². The van der Waals surface area contributed by atoms with Gasteiger partial charge < -0.3 is 5.73 Å². The number of nitrogens with two attached hydrogens (primary N) is 1. The van der Waals surface area contributed by atoms with Crippen molar-refractivity contribution in [1.82, 2.24) is 14.9 Å². The fourth-order valence-corrected chi connectivity index (χ4v) is 2.46. The van der Waals surface area contributed by atoms with Crippen molar-refractivity contribution in [2.45, 2.75) is 11.4 Å². The molecule has 2 aromatic rings. The van der Waals surface area contributed by atoms with Crippen LogP contribution in [0, 0.1) is 0 Å². The summed E-state index contributed by atoms with van der Waals surface area (Å²) < 4.78 is 26.3. The van der Waals surface area contributed by atoms with E-state index in [1.54, 1.807) is 0 Å². The van der Waals surface area contributed by atoms with Gasteiger partial charge in [-0.15, -0.1) is 0 Å². The van der Waals surface area contributed by atoms with Crippen molar-refractivity contribution >= 4 is 27.4 Å². The fraction of sp³-hybridized carbons (Fsp3) is 0.100. The van der Waals surface area contributed by atoms with E-state index in [9.17, 15) is 8.42 Å². The lowest BCUT2D eigenvalue weighted by atomic mass is 10.3. The van der Waals surface area contributed by atoms with Crippen LogP contribution in [-0.2, 0) is 16.6 Å². The van der Waals surface area contributed by atoms with E-state index in [2.05, 4.69) is 14.9 Å². The number of hydrogen-bond acceptors (Lipinski definition) is 4. The number of halogens is 1. The fourth-order valence-electron chi connectivity index (χ4n) is 1.33. The molecule has 0 aliphatic heterocycles. The zero-order chi connectivity index (χ0) is 13.2. The number of aromatic nitrogens is 2. The Bertz CT molecular complexity index is 636. The van der Waals surface area contributed by atoms with Gasteiger partial charge in [-0.1, -0.05) is 11.6 Å². The number of nitrogen functional groups attached to an aromatic ring is 1. The van der Waals surface area contributed by atoms with Gasteiger partial charge in [0.05, 0.1) is 11.1 Å². The smallest absolute Gasteiger partial charge is 0.240 e. The average molecular weight is 287 g/mol. The van der Waals surface area contributed by atoms with Gasteiger partial charge in [-0.05, 0) is 24.3 Å². The molecule has 0 saturated heterocycles. The third-order valence-electron chi connectivity index (χ3n) is 2.33. The molecule has 0 fully saturated rings. The van der Waals surface area contributed by atoms with Crippen LogP contribution in [0.25, 0.3) is 0 Å². The molecule has 2 rings (SSSR count). The van der Waals surface area contributed by atoms with Crippen molar-refractivity contribution in [2.75, 3.05) is 5.73 Å². The summed E-state index contributed by atoms with van der Waals surface area (Å²) >= 11 is 5.70. The second-order valence-electron chi connectivity index (χ2n) is 3.59. The summed E-state index contributed by atoms with van der Waals surface area (Å²) in [6, 6.07) is 5.90. The monoisotopic (exact) mass is 286 g/mol. The van der Waals surface area contributed by atoms with Crippen molar-refractivity contribution in [3.05, 3.63) is 41.0 Å². The maximum Gasteiger partial charge on any atom is 0.240 e. The van der Waals surface area contributed by atoms with Crippen LogP contribution < -0.4 is 10.5 Å². The molecule has 0 unspecified atom stereocenters. The average Bonchev–Trinajstić information content (AvgIpc) is 2.73. The topological polar surface area (TPSA) is 101 Å². The standard InChI is InChI=1S/C10H11ClN4O2S/c11-8-1-3-9(4-2-8)18(16,17)14-6-7-5-13-15-10(7)12/h1-5,14H,6H2,(H3,12,13,15). The van der Waals surface area contributed by atoms with Crippen LogP contribution in [0.4, 0.5) is 5.82 Å². The Balaban J connectivity index is 2.13. The lowest BCUT2D eigenvalue weighted by molar-refractivity contribution is 0.581. The molecule has 8 heteroatoms. The van der Waals surface area contributed by atoms with Crippen LogP contribution in [0.15, 0.2) is 35.4 Å². The van der Waals surface area contributed by atoms with Gasteiger partial charge in [0.1, 0.15) is 5.82 Å². The van der Waals surface area contributed by atoms with Gasteiger partial charge in [0.15, 0.2) is 0 Å². The first-order valence-electron chi connectivity index (χ1n) is 5.02. The molecule has 0 radical (unpaired) electrons. The van der Waals surface area contributed by atoms with Crippen molar-refractivity contribution in [2.24, 2.45) is 0 Å². The lowest BCUT2D eigenvalue weighted by Crippen LogP contribution is -2.23. The molecule has 0 saturated carbocycles. The van der Waals surface area contributed by atoms with Gasteiger partial charge in [0.25, 0.3) is 0 Å². The minimum Gasteiger partial charge on any atom is -0.384 e. The summed E-state index contributed by atoms with van der Waals surface area (Å²) in [6.07, 6.45) is 1.47. The summed E-state index contributed by atoms with van der Waals surface area (Å²) in [5, 5.41) is 6.71. The number of sulfonamides is 1.